The van der Waals surface area contributed by atoms with Crippen LogP contribution in [0.4, 0.5) is 0 Å². The normalized spacial score (nSPS) is 12.3. The highest BCUT2D eigenvalue weighted by atomic mass is 16.6. The van der Waals surface area contributed by atoms with Gasteiger partial charge in [0, 0.05) is 19.3 Å². The molecule has 0 saturated heterocycles. The molecule has 0 saturated carbocycles. The van der Waals surface area contributed by atoms with Crippen LogP contribution in [0.15, 0.2) is 48.6 Å². The minimum absolute atomic E-state index is 0.0955. The number of unbranched alkanes of at least 4 members (excludes halogenated alkanes) is 34. The maximum atomic E-state index is 12.8. The van der Waals surface area contributed by atoms with Crippen LogP contribution in [0.25, 0.3) is 0 Å². The molecule has 0 aromatic carbocycles. The summed E-state index contributed by atoms with van der Waals surface area (Å²) in [6, 6.07) is 0. The zero-order valence-electron chi connectivity index (χ0n) is 44.0. The first-order chi connectivity index (χ1) is 32.5. The number of rotatable bonds is 52. The van der Waals surface area contributed by atoms with Gasteiger partial charge in [0.15, 0.2) is 6.10 Å². The SMILES string of the molecule is CCCCCCCC/C=C\C/C=C\CCC(=O)OCC(COC(=O)CCCCCCC/C=C\C=C/CCCCCCCCC)OC(=O)CCCCCCCCCCCCCCCCCCC. The molecule has 1 unspecified atom stereocenters. The van der Waals surface area contributed by atoms with Gasteiger partial charge in [-0.3, -0.25) is 14.4 Å². The molecule has 0 fully saturated rings. The van der Waals surface area contributed by atoms with Gasteiger partial charge in [-0.2, -0.15) is 0 Å². The van der Waals surface area contributed by atoms with E-state index >= 15 is 0 Å². The van der Waals surface area contributed by atoms with Crippen molar-refractivity contribution in [1.82, 2.24) is 0 Å². The first-order valence-corrected chi connectivity index (χ1v) is 28.7. The van der Waals surface area contributed by atoms with E-state index in [-0.39, 0.29) is 37.5 Å². The molecule has 0 aliphatic carbocycles. The van der Waals surface area contributed by atoms with E-state index in [0.717, 1.165) is 70.6 Å². The van der Waals surface area contributed by atoms with Gasteiger partial charge in [0.1, 0.15) is 13.2 Å². The minimum atomic E-state index is -0.799. The molecule has 6 heteroatoms. The van der Waals surface area contributed by atoms with Gasteiger partial charge in [-0.25, -0.2) is 0 Å². The smallest absolute Gasteiger partial charge is 0.306 e. The molecular formula is C60H108O6. The third-order valence-electron chi connectivity index (χ3n) is 12.6. The molecule has 384 valence electrons. The molecule has 0 spiro atoms. The summed E-state index contributed by atoms with van der Waals surface area (Å²) in [5.41, 5.74) is 0. The van der Waals surface area contributed by atoms with Crippen molar-refractivity contribution in [3.8, 4) is 0 Å². The van der Waals surface area contributed by atoms with Crippen LogP contribution >= 0.6 is 0 Å². The van der Waals surface area contributed by atoms with Crippen molar-refractivity contribution in [2.45, 2.75) is 303 Å². The molecule has 0 N–H and O–H groups in total. The van der Waals surface area contributed by atoms with Crippen molar-refractivity contribution in [2.75, 3.05) is 13.2 Å². The highest BCUT2D eigenvalue weighted by Crippen LogP contribution is 2.16. The average molecular weight is 926 g/mol. The predicted octanol–water partition coefficient (Wildman–Crippen LogP) is 19.0. The van der Waals surface area contributed by atoms with Gasteiger partial charge < -0.3 is 14.2 Å². The highest BCUT2D eigenvalue weighted by molar-refractivity contribution is 5.71. The summed E-state index contributed by atoms with van der Waals surface area (Å²) >= 11 is 0. The van der Waals surface area contributed by atoms with E-state index in [9.17, 15) is 14.4 Å². The third kappa shape index (κ3) is 52.3. The van der Waals surface area contributed by atoms with Gasteiger partial charge >= 0.3 is 17.9 Å². The Morgan fingerprint density at radius 1 is 0.318 bits per heavy atom. The molecule has 1 atom stereocenters. The number of carbonyl (C=O) groups excluding carboxylic acids is 3. The van der Waals surface area contributed by atoms with Crippen molar-refractivity contribution in [3.05, 3.63) is 48.6 Å². The van der Waals surface area contributed by atoms with Crippen LogP contribution in [0, 0.1) is 0 Å². The summed E-state index contributed by atoms with van der Waals surface area (Å²) in [6.45, 7) is 6.59. The van der Waals surface area contributed by atoms with Crippen LogP contribution in [0.5, 0.6) is 0 Å². The lowest BCUT2D eigenvalue weighted by Crippen LogP contribution is -2.30. The predicted molar refractivity (Wildman–Crippen MR) is 284 cm³/mol. The first-order valence-electron chi connectivity index (χ1n) is 28.7. The molecule has 0 heterocycles. The van der Waals surface area contributed by atoms with Gasteiger partial charge in [0.2, 0.25) is 0 Å². The number of carbonyl (C=O) groups is 3. The summed E-state index contributed by atoms with van der Waals surface area (Å²) in [7, 11) is 0. The van der Waals surface area contributed by atoms with E-state index < -0.39 is 6.10 Å². The topological polar surface area (TPSA) is 78.9 Å². The number of esters is 3. The Morgan fingerprint density at radius 2 is 0.621 bits per heavy atom. The average Bonchev–Trinajstić information content (AvgIpc) is 3.31. The Kier molecular flexibility index (Phi) is 52.8. The minimum Gasteiger partial charge on any atom is -0.462 e. The van der Waals surface area contributed by atoms with E-state index in [1.807, 2.05) is 6.08 Å². The van der Waals surface area contributed by atoms with Gasteiger partial charge in [-0.1, -0.05) is 262 Å². The van der Waals surface area contributed by atoms with Crippen molar-refractivity contribution >= 4 is 17.9 Å². The van der Waals surface area contributed by atoms with E-state index in [2.05, 4.69) is 63.3 Å². The summed E-state index contributed by atoms with van der Waals surface area (Å²) in [5, 5.41) is 0. The van der Waals surface area contributed by atoms with Crippen molar-refractivity contribution < 1.29 is 28.6 Å². The summed E-state index contributed by atoms with van der Waals surface area (Å²) < 4.78 is 16.8. The summed E-state index contributed by atoms with van der Waals surface area (Å²) in [6.07, 6.45) is 66.8. The van der Waals surface area contributed by atoms with E-state index in [1.54, 1.807) is 0 Å². The number of ether oxygens (including phenoxy) is 3. The molecular weight excluding hydrogens is 817 g/mol. The molecule has 66 heavy (non-hydrogen) atoms. The van der Waals surface area contributed by atoms with Crippen molar-refractivity contribution in [1.29, 1.82) is 0 Å². The maximum absolute atomic E-state index is 12.8. The standard InChI is InChI=1S/C60H108O6/c1-4-7-10-13-16-19-22-25-27-29-31-32-35-38-41-44-47-50-53-59(62)65-56-57(55-64-58(61)52-49-46-43-40-37-34-24-21-18-15-12-9-6-3)66-60(63)54-51-48-45-42-39-36-33-30-28-26-23-20-17-14-11-8-5-2/h27,29,31-32,34,37,43,46,57H,4-26,28,30,33,35-36,38-42,44-45,47-56H2,1-3H3/b29-27-,32-31-,37-34-,46-43-. The van der Waals surface area contributed by atoms with E-state index in [1.165, 1.54) is 180 Å². The van der Waals surface area contributed by atoms with Crippen molar-refractivity contribution in [3.63, 3.8) is 0 Å². The quantitative estimate of drug-likeness (QED) is 0.0199. The molecule has 0 amide bonds. The zero-order chi connectivity index (χ0) is 47.9. The second-order valence-electron chi connectivity index (χ2n) is 19.2. The second kappa shape index (κ2) is 55.0. The lowest BCUT2D eigenvalue weighted by atomic mass is 10.0. The van der Waals surface area contributed by atoms with Crippen LogP contribution in [-0.4, -0.2) is 37.2 Å². The fourth-order valence-corrected chi connectivity index (χ4v) is 8.25. The Morgan fingerprint density at radius 3 is 1.02 bits per heavy atom. The monoisotopic (exact) mass is 925 g/mol. The second-order valence-corrected chi connectivity index (χ2v) is 19.2. The summed E-state index contributed by atoms with van der Waals surface area (Å²) in [4.78, 5) is 38.1. The molecule has 0 aromatic heterocycles. The molecule has 0 aliphatic rings. The highest BCUT2D eigenvalue weighted by Gasteiger charge is 2.19. The van der Waals surface area contributed by atoms with Crippen LogP contribution in [0.1, 0.15) is 297 Å². The van der Waals surface area contributed by atoms with Gasteiger partial charge in [0.25, 0.3) is 0 Å². The van der Waals surface area contributed by atoms with Crippen LogP contribution in [-0.2, 0) is 28.6 Å². The molecule has 0 aliphatic heterocycles. The van der Waals surface area contributed by atoms with Crippen molar-refractivity contribution in [2.24, 2.45) is 0 Å². The van der Waals surface area contributed by atoms with Crippen LogP contribution in [0.2, 0.25) is 0 Å². The van der Waals surface area contributed by atoms with Crippen LogP contribution < -0.4 is 0 Å². The Balaban J connectivity index is 4.41. The Hall–Kier alpha value is -2.63. The number of hydrogen-bond donors (Lipinski definition) is 0. The largest absolute Gasteiger partial charge is 0.462 e. The fraction of sp³-hybridized carbons (Fsp3) is 0.817. The molecule has 6 nitrogen and oxygen atoms in total. The molecule has 0 rings (SSSR count). The Bertz CT molecular complexity index is 1150. The molecule has 0 radical (unpaired) electrons. The first kappa shape index (κ1) is 63.4. The van der Waals surface area contributed by atoms with Gasteiger partial charge in [0.05, 0.1) is 0 Å². The maximum Gasteiger partial charge on any atom is 0.306 e. The zero-order valence-corrected chi connectivity index (χ0v) is 44.0. The lowest BCUT2D eigenvalue weighted by molar-refractivity contribution is -0.166. The molecule has 0 aromatic rings. The van der Waals surface area contributed by atoms with E-state index in [0.29, 0.717) is 19.3 Å². The van der Waals surface area contributed by atoms with Gasteiger partial charge in [-0.15, -0.1) is 0 Å². The fourth-order valence-electron chi connectivity index (χ4n) is 8.25. The number of allylic oxidation sites excluding steroid dienone is 8. The van der Waals surface area contributed by atoms with E-state index in [4.69, 9.17) is 14.2 Å². The Labute approximate surface area is 409 Å². The number of hydrogen-bond acceptors (Lipinski definition) is 6. The van der Waals surface area contributed by atoms with Gasteiger partial charge in [-0.05, 0) is 64.2 Å². The summed E-state index contributed by atoms with van der Waals surface area (Å²) in [5.74, 6) is -0.965. The molecule has 0 bridgehead atoms. The van der Waals surface area contributed by atoms with Crippen LogP contribution in [0.3, 0.4) is 0 Å². The third-order valence-corrected chi connectivity index (χ3v) is 12.6. The lowest BCUT2D eigenvalue weighted by Gasteiger charge is -2.18.